The van der Waals surface area contributed by atoms with Crippen molar-refractivity contribution in [3.63, 3.8) is 0 Å². The largest absolute Gasteiger partial charge is 0.507 e. The van der Waals surface area contributed by atoms with E-state index in [-0.39, 0.29) is 28.5 Å². The van der Waals surface area contributed by atoms with Gasteiger partial charge in [0.05, 0.1) is 33.1 Å². The number of nitrogen functional groups attached to an aromatic ring is 1. The van der Waals surface area contributed by atoms with E-state index in [9.17, 15) is 23.5 Å². The van der Waals surface area contributed by atoms with Crippen molar-refractivity contribution in [1.29, 1.82) is 0 Å². The second kappa shape index (κ2) is 14.7. The summed E-state index contributed by atoms with van der Waals surface area (Å²) in [4.78, 5) is 31.2. The molecular formula is C31H24Cl2F2N4O5S2. The number of rotatable bonds is 4. The molecule has 0 atom stereocenters. The van der Waals surface area contributed by atoms with Crippen LogP contribution in [0.5, 0.6) is 11.5 Å². The summed E-state index contributed by atoms with van der Waals surface area (Å²) in [5.41, 5.74) is 8.15. The number of aromatic nitrogens is 2. The fourth-order valence-electron chi connectivity index (χ4n) is 4.10. The summed E-state index contributed by atoms with van der Waals surface area (Å²) in [5.74, 6) is -1.95. The lowest BCUT2D eigenvalue weighted by atomic mass is 10.1. The number of phenolic OH excluding ortho intramolecular Hbond substituents is 1. The number of carbonyl (C=O) groups is 2. The van der Waals surface area contributed by atoms with E-state index in [1.54, 1.807) is 32.0 Å². The third-order valence-electron chi connectivity index (χ3n) is 6.12. The number of fused-ring (bicyclic) bond motifs is 2. The van der Waals surface area contributed by atoms with Crippen molar-refractivity contribution in [3.05, 3.63) is 105 Å². The number of hydrogen-bond donors (Lipinski definition) is 4. The molecule has 0 aliphatic rings. The molecule has 238 valence electrons. The molecule has 0 unspecified atom stereocenters. The minimum Gasteiger partial charge on any atom is -0.507 e. The maximum Gasteiger partial charge on any atom is 0.339 e. The Morgan fingerprint density at radius 3 is 1.98 bits per heavy atom. The van der Waals surface area contributed by atoms with E-state index in [1.807, 2.05) is 0 Å². The Morgan fingerprint density at radius 2 is 1.39 bits per heavy atom. The Kier molecular flexibility index (Phi) is 11.0. The van der Waals surface area contributed by atoms with Gasteiger partial charge in [0.25, 0.3) is 5.91 Å². The first-order valence-electron chi connectivity index (χ1n) is 13.0. The highest BCUT2D eigenvalue weighted by atomic mass is 35.5. The second-order valence-electron chi connectivity index (χ2n) is 9.48. The molecular weight excluding hydrogens is 681 g/mol. The number of phenols is 1. The number of carboxylic acids is 1. The van der Waals surface area contributed by atoms with Crippen molar-refractivity contribution >= 4 is 88.4 Å². The van der Waals surface area contributed by atoms with Gasteiger partial charge in [0.2, 0.25) is 0 Å². The van der Waals surface area contributed by atoms with Crippen molar-refractivity contribution in [2.45, 2.75) is 13.8 Å². The molecule has 4 aromatic carbocycles. The number of halogens is 4. The molecule has 5 N–H and O–H groups in total. The van der Waals surface area contributed by atoms with Gasteiger partial charge in [-0.3, -0.25) is 10.1 Å². The molecule has 0 saturated heterocycles. The average Bonchev–Trinajstić information content (AvgIpc) is 3.55. The Balaban J connectivity index is 0.000000170. The van der Waals surface area contributed by atoms with Gasteiger partial charge < -0.3 is 20.7 Å². The predicted octanol–water partition coefficient (Wildman–Crippen LogP) is 8.73. The van der Waals surface area contributed by atoms with Gasteiger partial charge in [-0.05, 0) is 85.6 Å². The van der Waals surface area contributed by atoms with Crippen molar-refractivity contribution in [2.24, 2.45) is 0 Å². The molecule has 2 heterocycles. The zero-order chi connectivity index (χ0) is 33.7. The molecule has 0 saturated carbocycles. The van der Waals surface area contributed by atoms with Crippen molar-refractivity contribution < 1.29 is 33.3 Å². The number of amides is 1. The standard InChI is InChI=1S/C15H10ClFN2O2S.C9H9ClO3.C7H5FN2S/c1-7-4-8(16)5-10(13(7)20)14(21)19-15-18-11-3-2-9(17)6-12(11)22-15;1-5-3-6(10)4-7(9(11)12)8(5)13-2;8-4-1-2-5-6(3-4)11-7(9)10-5/h2-6,20H,1H3,(H,18,19,21);3-4H,1-2H3,(H,11,12);1-3H,(H2,9,10). The SMILES string of the molecule is COc1c(C)cc(Cl)cc1C(=O)O.Cc1cc(Cl)cc(C(=O)Nc2nc3ccc(F)cc3s2)c1O.Nc1nc2ccc(F)cc2s1. The van der Waals surface area contributed by atoms with Gasteiger partial charge in [0.1, 0.15) is 28.7 Å². The molecule has 0 spiro atoms. The van der Waals surface area contributed by atoms with Gasteiger partial charge >= 0.3 is 5.97 Å². The summed E-state index contributed by atoms with van der Waals surface area (Å²) in [5, 5.41) is 22.9. The summed E-state index contributed by atoms with van der Waals surface area (Å²) >= 11 is 14.1. The van der Waals surface area contributed by atoms with Gasteiger partial charge in [-0.25, -0.2) is 23.5 Å². The van der Waals surface area contributed by atoms with Gasteiger partial charge in [0.15, 0.2) is 10.3 Å². The van der Waals surface area contributed by atoms with E-state index in [1.165, 1.54) is 60.9 Å². The number of aryl methyl sites for hydroxylation is 2. The maximum atomic E-state index is 13.2. The number of nitrogens with two attached hydrogens (primary N) is 1. The number of carboxylic acid groups (broad SMARTS) is 1. The third-order valence-corrected chi connectivity index (χ3v) is 8.34. The second-order valence-corrected chi connectivity index (χ2v) is 12.4. The first kappa shape index (κ1) is 34.3. The van der Waals surface area contributed by atoms with Gasteiger partial charge in [-0.2, -0.15) is 0 Å². The molecule has 2 aromatic heterocycles. The Hall–Kier alpha value is -4.56. The third kappa shape index (κ3) is 8.37. The van der Waals surface area contributed by atoms with Crippen molar-refractivity contribution in [3.8, 4) is 11.5 Å². The summed E-state index contributed by atoms with van der Waals surface area (Å²) in [6.45, 7) is 3.40. The first-order chi connectivity index (χ1) is 21.7. The molecule has 0 radical (unpaired) electrons. The number of methoxy groups -OCH3 is 1. The summed E-state index contributed by atoms with van der Waals surface area (Å²) in [6.07, 6.45) is 0. The number of benzene rings is 4. The molecule has 0 aliphatic carbocycles. The highest BCUT2D eigenvalue weighted by molar-refractivity contribution is 7.22. The number of thiazole rings is 2. The van der Waals surface area contributed by atoms with Crippen molar-refractivity contribution in [2.75, 3.05) is 18.2 Å². The lowest BCUT2D eigenvalue weighted by molar-refractivity contribution is 0.0693. The van der Waals surface area contributed by atoms with Crippen LogP contribution in [0.15, 0.2) is 60.7 Å². The van der Waals surface area contributed by atoms with Crippen LogP contribution in [0.2, 0.25) is 10.0 Å². The minimum atomic E-state index is -1.04. The smallest absolute Gasteiger partial charge is 0.339 e. The number of nitrogens with one attached hydrogen (secondary N) is 1. The van der Waals surface area contributed by atoms with Gasteiger partial charge in [-0.15, -0.1) is 0 Å². The highest BCUT2D eigenvalue weighted by Gasteiger charge is 2.17. The molecule has 6 aromatic rings. The summed E-state index contributed by atoms with van der Waals surface area (Å²) in [6, 6.07) is 14.6. The molecule has 9 nitrogen and oxygen atoms in total. The van der Waals surface area contributed by atoms with Crippen LogP contribution in [-0.2, 0) is 0 Å². The van der Waals surface area contributed by atoms with E-state index < -0.39 is 11.9 Å². The van der Waals surface area contributed by atoms with Crippen LogP contribution in [0.1, 0.15) is 31.8 Å². The van der Waals surface area contributed by atoms with Crippen LogP contribution in [0.25, 0.3) is 20.4 Å². The topological polar surface area (TPSA) is 148 Å². The Bertz CT molecular complexity index is 2090. The zero-order valence-corrected chi connectivity index (χ0v) is 27.3. The van der Waals surface area contributed by atoms with E-state index in [0.717, 1.165) is 21.6 Å². The van der Waals surface area contributed by atoms with Crippen LogP contribution >= 0.6 is 45.9 Å². The van der Waals surface area contributed by atoms with Gasteiger partial charge in [-0.1, -0.05) is 45.9 Å². The summed E-state index contributed by atoms with van der Waals surface area (Å²) in [7, 11) is 1.43. The van der Waals surface area contributed by atoms with Crippen LogP contribution in [-0.4, -0.2) is 39.2 Å². The Labute approximate surface area is 278 Å². The number of hydrogen-bond acceptors (Lipinski definition) is 9. The fraction of sp³-hybridized carbons (Fsp3) is 0.0968. The first-order valence-corrected chi connectivity index (χ1v) is 15.4. The maximum absolute atomic E-state index is 13.2. The summed E-state index contributed by atoms with van der Waals surface area (Å²) < 4.78 is 32.1. The molecule has 0 aliphatic heterocycles. The predicted molar refractivity (Wildman–Crippen MR) is 179 cm³/mol. The molecule has 46 heavy (non-hydrogen) atoms. The molecule has 6 rings (SSSR count). The molecule has 15 heteroatoms. The van der Waals surface area contributed by atoms with E-state index in [0.29, 0.717) is 47.4 Å². The monoisotopic (exact) mass is 704 g/mol. The van der Waals surface area contributed by atoms with E-state index >= 15 is 0 Å². The molecule has 0 bridgehead atoms. The number of ether oxygens (including phenoxy) is 1. The number of anilines is 2. The van der Waals surface area contributed by atoms with Crippen LogP contribution in [0, 0.1) is 25.5 Å². The van der Waals surface area contributed by atoms with Crippen LogP contribution < -0.4 is 15.8 Å². The number of carbonyl (C=O) groups excluding carboxylic acids is 1. The average molecular weight is 706 g/mol. The molecule has 1 amide bonds. The zero-order valence-electron chi connectivity index (χ0n) is 24.2. The number of nitrogens with zero attached hydrogens (tertiary/aromatic N) is 2. The normalized spacial score (nSPS) is 10.5. The van der Waals surface area contributed by atoms with E-state index in [2.05, 4.69) is 15.3 Å². The molecule has 0 fully saturated rings. The minimum absolute atomic E-state index is 0.0652. The number of aromatic carboxylic acids is 1. The number of aromatic hydroxyl groups is 1. The van der Waals surface area contributed by atoms with Crippen LogP contribution in [0.4, 0.5) is 19.0 Å². The Morgan fingerprint density at radius 1 is 0.848 bits per heavy atom. The van der Waals surface area contributed by atoms with Gasteiger partial charge in [0, 0.05) is 10.0 Å². The lowest BCUT2D eigenvalue weighted by Crippen LogP contribution is -2.12. The van der Waals surface area contributed by atoms with Crippen LogP contribution in [0.3, 0.4) is 0 Å². The van der Waals surface area contributed by atoms with E-state index in [4.69, 9.17) is 38.8 Å². The lowest BCUT2D eigenvalue weighted by Gasteiger charge is -2.08. The van der Waals surface area contributed by atoms with Crippen molar-refractivity contribution in [1.82, 2.24) is 9.97 Å². The fourth-order valence-corrected chi connectivity index (χ4v) is 6.29. The quantitative estimate of drug-likeness (QED) is 0.142. The highest BCUT2D eigenvalue weighted by Crippen LogP contribution is 2.30.